The van der Waals surface area contributed by atoms with Gasteiger partial charge in [0.2, 0.25) is 5.95 Å². The molecule has 1 amide bonds. The van der Waals surface area contributed by atoms with Gasteiger partial charge in [-0.1, -0.05) is 12.1 Å². The molecule has 142 valence electrons. The summed E-state index contributed by atoms with van der Waals surface area (Å²) < 4.78 is 11.0. The van der Waals surface area contributed by atoms with E-state index >= 15 is 0 Å². The number of aryl methyl sites for hydroxylation is 1. The monoisotopic (exact) mass is 376 g/mol. The predicted octanol–water partition coefficient (Wildman–Crippen LogP) is 3.86. The number of carbonyl (C=O) groups is 1. The minimum absolute atomic E-state index is 0.296. The number of anilines is 3. The van der Waals surface area contributed by atoms with Crippen LogP contribution >= 0.6 is 0 Å². The second-order valence-corrected chi connectivity index (χ2v) is 6.48. The number of nitrogens with zero attached hydrogens (tertiary/aromatic N) is 2. The third-order valence-electron chi connectivity index (χ3n) is 4.57. The summed E-state index contributed by atoms with van der Waals surface area (Å²) in [6.07, 6.45) is 2.99. The molecule has 0 saturated heterocycles. The fourth-order valence-corrected chi connectivity index (χ4v) is 2.84. The van der Waals surface area contributed by atoms with Gasteiger partial charge in [-0.25, -0.2) is 9.97 Å². The molecule has 1 aliphatic heterocycles. The van der Waals surface area contributed by atoms with Crippen LogP contribution in [0.15, 0.2) is 48.8 Å². The summed E-state index contributed by atoms with van der Waals surface area (Å²) >= 11 is 0. The second kappa shape index (κ2) is 7.56. The Morgan fingerprint density at radius 1 is 1.00 bits per heavy atom. The number of benzene rings is 2. The van der Waals surface area contributed by atoms with E-state index in [1.54, 1.807) is 18.2 Å². The van der Waals surface area contributed by atoms with Gasteiger partial charge in [0, 0.05) is 29.8 Å². The Bertz CT molecular complexity index is 1020. The summed E-state index contributed by atoms with van der Waals surface area (Å²) in [6.45, 7) is 5.10. The fourth-order valence-electron chi connectivity index (χ4n) is 2.84. The van der Waals surface area contributed by atoms with E-state index in [9.17, 15) is 4.79 Å². The Morgan fingerprint density at radius 3 is 2.54 bits per heavy atom. The third kappa shape index (κ3) is 3.73. The minimum atomic E-state index is -0.296. The molecule has 28 heavy (non-hydrogen) atoms. The summed E-state index contributed by atoms with van der Waals surface area (Å²) in [4.78, 5) is 21.0. The topological polar surface area (TPSA) is 85.4 Å². The molecule has 0 unspecified atom stereocenters. The summed E-state index contributed by atoms with van der Waals surface area (Å²) in [7, 11) is 0. The number of rotatable bonds is 4. The van der Waals surface area contributed by atoms with Gasteiger partial charge >= 0.3 is 0 Å². The van der Waals surface area contributed by atoms with Gasteiger partial charge in [0.05, 0.1) is 5.56 Å². The molecule has 0 spiro atoms. The molecule has 4 rings (SSSR count). The Hall–Kier alpha value is -3.61. The molecule has 0 atom stereocenters. The summed E-state index contributed by atoms with van der Waals surface area (Å²) in [5.41, 5.74) is 4.23. The quantitative estimate of drug-likeness (QED) is 0.719. The van der Waals surface area contributed by atoms with E-state index in [2.05, 4.69) is 20.6 Å². The zero-order valence-electron chi connectivity index (χ0n) is 15.7. The van der Waals surface area contributed by atoms with E-state index in [4.69, 9.17) is 9.47 Å². The molecule has 2 heterocycles. The second-order valence-electron chi connectivity index (χ2n) is 6.48. The third-order valence-corrected chi connectivity index (χ3v) is 4.57. The number of hydrogen-bond donors (Lipinski definition) is 2. The Balaban J connectivity index is 1.45. The zero-order chi connectivity index (χ0) is 19.5. The van der Waals surface area contributed by atoms with Gasteiger partial charge in [-0.2, -0.15) is 0 Å². The van der Waals surface area contributed by atoms with Gasteiger partial charge < -0.3 is 20.1 Å². The van der Waals surface area contributed by atoms with E-state index < -0.39 is 0 Å². The van der Waals surface area contributed by atoms with E-state index in [1.807, 2.05) is 32.0 Å². The molecule has 3 aromatic rings. The maximum absolute atomic E-state index is 12.5. The van der Waals surface area contributed by atoms with Crippen LogP contribution in [0.3, 0.4) is 0 Å². The van der Waals surface area contributed by atoms with Gasteiger partial charge in [0.1, 0.15) is 13.2 Å². The standard InChI is InChI=1S/C21H20N4O3/c1-13-4-3-5-17(14(13)2)25-21-22-11-15(12-23-21)20(26)24-16-6-7-18-19(10-16)28-9-8-27-18/h3-7,10-12H,8-9H2,1-2H3,(H,24,26)(H,22,23,25). The van der Waals surface area contributed by atoms with Crippen LogP contribution < -0.4 is 20.1 Å². The van der Waals surface area contributed by atoms with Crippen LogP contribution in [0, 0.1) is 13.8 Å². The molecule has 1 aliphatic rings. The highest BCUT2D eigenvalue weighted by Gasteiger charge is 2.14. The van der Waals surface area contributed by atoms with Crippen LogP contribution in [0.25, 0.3) is 0 Å². The van der Waals surface area contributed by atoms with Gasteiger partial charge in [0.25, 0.3) is 5.91 Å². The molecule has 2 aromatic carbocycles. The molecular weight excluding hydrogens is 356 g/mol. The van der Waals surface area contributed by atoms with E-state index in [0.717, 1.165) is 11.3 Å². The number of carbonyl (C=O) groups excluding carboxylic acids is 1. The first-order valence-corrected chi connectivity index (χ1v) is 8.96. The lowest BCUT2D eigenvalue weighted by Crippen LogP contribution is -2.16. The smallest absolute Gasteiger partial charge is 0.258 e. The van der Waals surface area contributed by atoms with Crippen LogP contribution in [0.4, 0.5) is 17.3 Å². The molecule has 1 aromatic heterocycles. The normalized spacial score (nSPS) is 12.4. The number of aromatic nitrogens is 2. The number of ether oxygens (including phenoxy) is 2. The molecule has 0 bridgehead atoms. The van der Waals surface area contributed by atoms with Crippen molar-refractivity contribution < 1.29 is 14.3 Å². The number of amides is 1. The first-order chi connectivity index (χ1) is 13.6. The molecule has 7 heteroatoms. The van der Waals surface area contributed by atoms with Crippen molar-refractivity contribution in [2.45, 2.75) is 13.8 Å². The summed E-state index contributed by atoms with van der Waals surface area (Å²) in [5, 5.41) is 6.00. The van der Waals surface area contributed by atoms with Crippen LogP contribution in [0.5, 0.6) is 11.5 Å². The van der Waals surface area contributed by atoms with Crippen LogP contribution in [-0.2, 0) is 0 Å². The van der Waals surface area contributed by atoms with Crippen molar-refractivity contribution in [1.82, 2.24) is 9.97 Å². The van der Waals surface area contributed by atoms with Crippen molar-refractivity contribution in [3.8, 4) is 11.5 Å². The Morgan fingerprint density at radius 2 is 1.75 bits per heavy atom. The van der Waals surface area contributed by atoms with Crippen LogP contribution in [-0.4, -0.2) is 29.1 Å². The molecule has 0 radical (unpaired) electrons. The van der Waals surface area contributed by atoms with Crippen molar-refractivity contribution in [2.75, 3.05) is 23.8 Å². The van der Waals surface area contributed by atoms with Crippen molar-refractivity contribution in [3.63, 3.8) is 0 Å². The van der Waals surface area contributed by atoms with Gasteiger partial charge in [-0.3, -0.25) is 4.79 Å². The average molecular weight is 376 g/mol. The highest BCUT2D eigenvalue weighted by atomic mass is 16.6. The maximum Gasteiger partial charge on any atom is 0.258 e. The van der Waals surface area contributed by atoms with E-state index in [-0.39, 0.29) is 5.91 Å². The summed E-state index contributed by atoms with van der Waals surface area (Å²) in [5.74, 6) is 1.43. The Labute approximate surface area is 162 Å². The highest BCUT2D eigenvalue weighted by molar-refractivity contribution is 6.04. The lowest BCUT2D eigenvalue weighted by molar-refractivity contribution is 0.102. The minimum Gasteiger partial charge on any atom is -0.486 e. The number of fused-ring (bicyclic) bond motifs is 1. The lowest BCUT2D eigenvalue weighted by atomic mass is 10.1. The van der Waals surface area contributed by atoms with Crippen molar-refractivity contribution in [1.29, 1.82) is 0 Å². The molecule has 0 fully saturated rings. The van der Waals surface area contributed by atoms with Gasteiger partial charge in [-0.15, -0.1) is 0 Å². The number of nitrogens with one attached hydrogen (secondary N) is 2. The van der Waals surface area contributed by atoms with E-state index in [0.29, 0.717) is 41.9 Å². The first kappa shape index (κ1) is 17.8. The zero-order valence-corrected chi connectivity index (χ0v) is 15.7. The molecule has 0 saturated carbocycles. The van der Waals surface area contributed by atoms with Crippen LogP contribution in [0.1, 0.15) is 21.5 Å². The van der Waals surface area contributed by atoms with E-state index in [1.165, 1.54) is 18.0 Å². The molecule has 2 N–H and O–H groups in total. The predicted molar refractivity (Wildman–Crippen MR) is 107 cm³/mol. The average Bonchev–Trinajstić information content (AvgIpc) is 2.72. The van der Waals surface area contributed by atoms with Crippen molar-refractivity contribution >= 4 is 23.2 Å². The highest BCUT2D eigenvalue weighted by Crippen LogP contribution is 2.32. The van der Waals surface area contributed by atoms with Crippen LogP contribution in [0.2, 0.25) is 0 Å². The molecule has 7 nitrogen and oxygen atoms in total. The number of hydrogen-bond acceptors (Lipinski definition) is 6. The lowest BCUT2D eigenvalue weighted by Gasteiger charge is -2.19. The largest absolute Gasteiger partial charge is 0.486 e. The SMILES string of the molecule is Cc1cccc(Nc2ncc(C(=O)Nc3ccc4c(c3)OCCO4)cn2)c1C. The molecular formula is C21H20N4O3. The van der Waals surface area contributed by atoms with Gasteiger partial charge in [-0.05, 0) is 43.2 Å². The summed E-state index contributed by atoms with van der Waals surface area (Å²) in [6, 6.07) is 11.3. The molecule has 0 aliphatic carbocycles. The maximum atomic E-state index is 12.5. The Kier molecular flexibility index (Phi) is 4.80. The van der Waals surface area contributed by atoms with Crippen molar-refractivity contribution in [2.24, 2.45) is 0 Å². The first-order valence-electron chi connectivity index (χ1n) is 8.96. The van der Waals surface area contributed by atoms with Gasteiger partial charge in [0.15, 0.2) is 11.5 Å². The fraction of sp³-hybridized carbons (Fsp3) is 0.190. The van der Waals surface area contributed by atoms with Crippen molar-refractivity contribution in [3.05, 3.63) is 65.5 Å².